The summed E-state index contributed by atoms with van der Waals surface area (Å²) >= 11 is 0. The van der Waals surface area contributed by atoms with Gasteiger partial charge in [-0.1, -0.05) is 8.93 Å². The van der Waals surface area contributed by atoms with Crippen LogP contribution in [0.25, 0.3) is 0 Å². The molecule has 48 heavy (non-hydrogen) atoms. The van der Waals surface area contributed by atoms with Crippen molar-refractivity contribution in [2.45, 2.75) is 0 Å². The van der Waals surface area contributed by atoms with Crippen LogP contribution >= 0.6 is 356 Å². The van der Waals surface area contributed by atoms with Gasteiger partial charge in [-0.25, -0.2) is 0 Å². The van der Waals surface area contributed by atoms with Gasteiger partial charge in [0.15, 0.2) is 0 Å². The second-order valence-corrected chi connectivity index (χ2v) is 113. The standard InChI is InChI=1S/CH5P47/c1-48(3)47-46-45-44-43-42-41-40-39-38-37-36-35-34-33-32-31-30-29-28-27-26-25-24-23-22-21-20-19-18-17-16-15-14-13-12-11-10-9-8-7-6-5-4-2/h2H2,1H3. The van der Waals surface area contributed by atoms with E-state index in [1.54, 1.807) is 310 Å². The van der Waals surface area contributed by atoms with Crippen LogP contribution in [0.1, 0.15) is 0 Å². The first-order valence-electron chi connectivity index (χ1n) is 9.71. The van der Waals surface area contributed by atoms with Crippen molar-refractivity contribution in [3.63, 3.8) is 0 Å². The molecule has 0 spiro atoms. The van der Waals surface area contributed by atoms with E-state index in [1.165, 1.54) is 22.7 Å². The smallest absolute Gasteiger partial charge is 0.0774 e. The molecule has 0 bridgehead atoms. The fourth-order valence-corrected chi connectivity index (χ4v) is 191. The quantitative estimate of drug-likeness (QED) is 0.101. The minimum absolute atomic E-state index is 0.0296. The van der Waals surface area contributed by atoms with Gasteiger partial charge in [0.25, 0.3) is 0 Å². The van der Waals surface area contributed by atoms with E-state index < -0.39 is 0 Å². The van der Waals surface area contributed by atoms with E-state index in [1.807, 2.05) is 0 Å². The zero-order valence-corrected chi connectivity index (χ0v) is 64.4. The first kappa shape index (κ1) is 62.4. The van der Waals surface area contributed by atoms with E-state index in [0.29, 0.717) is 0 Å². The van der Waals surface area contributed by atoms with Crippen LogP contribution in [0.4, 0.5) is 0 Å². The molecular formula is CH5P47. The predicted molar refractivity (Wildman–Crippen MR) is 334 cm³/mol. The van der Waals surface area contributed by atoms with Crippen LogP contribution in [0.2, 0.25) is 0 Å². The number of hydrogen-bond donors (Lipinski definition) is 0. The van der Waals surface area contributed by atoms with E-state index >= 15 is 0 Å². The molecule has 0 aromatic carbocycles. The summed E-state index contributed by atoms with van der Waals surface area (Å²) in [4.78, 5) is 0. The van der Waals surface area contributed by atoms with Gasteiger partial charge in [-0.05, 0) is 68.0 Å². The average molecular weight is 1470 g/mol. The molecular weight excluding hydrogens is 1470 g/mol. The number of rotatable bonds is 21. The Morgan fingerprint density at radius 3 is 0.500 bits per heavy atom. The van der Waals surface area contributed by atoms with Crippen molar-refractivity contribution in [1.82, 2.24) is 0 Å². The maximum atomic E-state index is 4.50. The molecule has 47 heteroatoms. The van der Waals surface area contributed by atoms with Crippen LogP contribution in [0.3, 0.4) is 0 Å². The second-order valence-electron chi connectivity index (χ2n) is 4.45. The van der Waals surface area contributed by atoms with Crippen LogP contribution in [-0.2, 0) is 0 Å². The molecule has 0 nitrogen and oxygen atoms in total. The van der Waals surface area contributed by atoms with Gasteiger partial charge >= 0.3 is 105 Å². The Hall–Kier alpha value is 14.4. The summed E-state index contributed by atoms with van der Waals surface area (Å²) in [5, 5.41) is 0. The van der Waals surface area contributed by atoms with Gasteiger partial charge in [-0.2, -0.15) is 0 Å². The normalized spacial score (nSPS) is 15.6. The summed E-state index contributed by atoms with van der Waals surface area (Å²) in [7, 11) is 77.3. The van der Waals surface area contributed by atoms with Crippen molar-refractivity contribution >= 4 is 356 Å². The Morgan fingerprint density at radius 2 is 0.375 bits per heavy atom. The first-order chi connectivity index (χ1) is 23.8. The average Bonchev–Trinajstić information content (AvgIpc) is 3.08. The van der Waals surface area contributed by atoms with E-state index in [-0.39, 0.29) is 6.71 Å². The molecule has 0 aromatic rings. The molecule has 0 aromatic heterocycles. The summed E-state index contributed by atoms with van der Waals surface area (Å²) in [6, 6.07) is 0. The van der Waals surface area contributed by atoms with Crippen molar-refractivity contribution in [1.29, 1.82) is 0 Å². The van der Waals surface area contributed by atoms with E-state index in [0.717, 1.165) is 0 Å². The Kier molecular flexibility index (Phi) is 77.1. The van der Waals surface area contributed by atoms with Crippen molar-refractivity contribution in [2.24, 2.45) is 0 Å². The summed E-state index contributed by atoms with van der Waals surface area (Å²) in [6.07, 6.45) is 0. The fourth-order valence-electron chi connectivity index (χ4n) is 0.814. The van der Waals surface area contributed by atoms with E-state index in [4.69, 9.17) is 0 Å². The molecule has 2 unspecified atom stereocenters. The minimum Gasteiger partial charge on any atom is -0.0774 e. The molecule has 0 heterocycles. The second kappa shape index (κ2) is 59.4. The molecule has 0 fully saturated rings. The van der Waals surface area contributed by atoms with Crippen LogP contribution in [0, 0.1) is 0 Å². The van der Waals surface area contributed by atoms with Crippen LogP contribution in [0.15, 0.2) is 0 Å². The van der Waals surface area contributed by atoms with Crippen LogP contribution < -0.4 is 0 Å². The maximum absolute atomic E-state index is 4.50. The Labute approximate surface area is 357 Å². The summed E-state index contributed by atoms with van der Waals surface area (Å²) in [5.41, 5.74) is 0. The molecule has 244 valence electrons. The minimum atomic E-state index is -0.0296. The van der Waals surface area contributed by atoms with Crippen molar-refractivity contribution in [3.8, 4) is 0 Å². The van der Waals surface area contributed by atoms with Crippen molar-refractivity contribution in [2.75, 3.05) is 6.66 Å². The van der Waals surface area contributed by atoms with Gasteiger partial charge in [0.05, 0.1) is 0 Å². The molecule has 0 saturated carbocycles. The van der Waals surface area contributed by atoms with Gasteiger partial charge in [-0.15, -0.1) is 0 Å². The summed E-state index contributed by atoms with van der Waals surface area (Å²) in [5.74, 6) is 0. The van der Waals surface area contributed by atoms with Crippen LogP contribution in [0.5, 0.6) is 0 Å². The predicted octanol–water partition coefficient (Wildman–Crippen LogP) is 40.1. The monoisotopic (exact) mass is 1470 g/mol. The molecule has 2 atom stereocenters. The molecule has 0 radical (unpaired) electrons. The van der Waals surface area contributed by atoms with Crippen LogP contribution in [-0.4, -0.2) is 6.66 Å². The summed E-state index contributed by atoms with van der Waals surface area (Å²) in [6.45, 7) is 2.21. The number of hydrogen-bond acceptors (Lipinski definition) is 0. The Morgan fingerprint density at radius 1 is 0.250 bits per heavy atom. The fraction of sp³-hybridized carbons (Fsp3) is 1.00. The molecule has 0 aliphatic heterocycles. The third-order valence-corrected chi connectivity index (χ3v) is 146. The molecule has 0 N–H and O–H groups in total. The Bertz CT molecular complexity index is 1560. The van der Waals surface area contributed by atoms with Gasteiger partial charge in [0, 0.05) is 181 Å². The Balaban J connectivity index is 4.05. The third-order valence-electron chi connectivity index (χ3n) is 1.86. The molecule has 0 aliphatic rings. The first-order valence-corrected chi connectivity index (χ1v) is 84.7. The van der Waals surface area contributed by atoms with Gasteiger partial charge in [-0.3, -0.25) is 0 Å². The van der Waals surface area contributed by atoms with Gasteiger partial charge in [0.2, 0.25) is 0 Å². The van der Waals surface area contributed by atoms with Gasteiger partial charge in [0.1, 0.15) is 0 Å². The SMILES string of the molecule is CP(#P)P=PP=PP=PP=PP=PP=PP=PP=PP=PP=PP=PP=PP=PP=PP=PP=PP=PP=PP=PP=PP=PP=PP. The topological polar surface area (TPSA) is 0 Å². The molecule has 0 amide bonds. The van der Waals surface area contributed by atoms with E-state index in [9.17, 15) is 0 Å². The van der Waals surface area contributed by atoms with Gasteiger partial charge < -0.3 is 0 Å². The zero-order valence-electron chi connectivity index (χ0n) is 22.1. The van der Waals surface area contributed by atoms with Crippen molar-refractivity contribution in [3.05, 3.63) is 0 Å². The summed E-state index contributed by atoms with van der Waals surface area (Å²) < 4.78 is 0. The molecule has 0 aliphatic carbocycles. The molecule has 0 rings (SSSR count). The van der Waals surface area contributed by atoms with Crippen molar-refractivity contribution < 1.29 is 0 Å². The van der Waals surface area contributed by atoms with E-state index in [2.05, 4.69) is 23.9 Å². The third kappa shape index (κ3) is 60.4. The zero-order chi connectivity index (χ0) is 34.7. The molecule has 0 saturated heterocycles.